The molecule has 1 heterocycles. The largest absolute Gasteiger partial charge is 0.505 e. The van der Waals surface area contributed by atoms with Crippen molar-refractivity contribution in [2.45, 2.75) is 12.5 Å². The standard InChI is InChI=1S/C13H19FN2O2/c14-11-3-1-2-10(13(11)18)12(4-9-17)16-7-5-15-6-8-16/h1-3,12,15,17-18H,4-9H2/t12-/m1/s1. The third kappa shape index (κ3) is 2.80. The van der Waals surface area contributed by atoms with E-state index >= 15 is 0 Å². The molecule has 5 heteroatoms. The molecule has 0 aliphatic carbocycles. The molecular formula is C13H19FN2O2. The van der Waals surface area contributed by atoms with Gasteiger partial charge in [-0.3, -0.25) is 4.90 Å². The van der Waals surface area contributed by atoms with Gasteiger partial charge in [-0.1, -0.05) is 12.1 Å². The number of rotatable bonds is 4. The summed E-state index contributed by atoms with van der Waals surface area (Å²) in [4.78, 5) is 2.17. The highest BCUT2D eigenvalue weighted by atomic mass is 19.1. The second kappa shape index (κ2) is 6.13. The van der Waals surface area contributed by atoms with Crippen LogP contribution in [0, 0.1) is 5.82 Å². The highest BCUT2D eigenvalue weighted by molar-refractivity contribution is 5.36. The van der Waals surface area contributed by atoms with E-state index in [0.717, 1.165) is 26.2 Å². The zero-order chi connectivity index (χ0) is 13.0. The van der Waals surface area contributed by atoms with E-state index in [4.69, 9.17) is 0 Å². The SMILES string of the molecule is OCC[C@H](c1cccc(F)c1O)N1CCNCC1. The Hall–Kier alpha value is -1.17. The zero-order valence-corrected chi connectivity index (χ0v) is 10.3. The maximum absolute atomic E-state index is 13.4. The Bertz CT molecular complexity index is 395. The van der Waals surface area contributed by atoms with Crippen molar-refractivity contribution < 1.29 is 14.6 Å². The van der Waals surface area contributed by atoms with E-state index in [1.54, 1.807) is 12.1 Å². The summed E-state index contributed by atoms with van der Waals surface area (Å²) >= 11 is 0. The minimum atomic E-state index is -0.606. The fourth-order valence-electron chi connectivity index (χ4n) is 2.45. The molecule has 18 heavy (non-hydrogen) atoms. The van der Waals surface area contributed by atoms with E-state index in [9.17, 15) is 14.6 Å². The highest BCUT2D eigenvalue weighted by Crippen LogP contribution is 2.32. The molecule has 100 valence electrons. The number of aliphatic hydroxyl groups excluding tert-OH is 1. The average molecular weight is 254 g/mol. The number of aromatic hydroxyl groups is 1. The minimum absolute atomic E-state index is 0.0184. The van der Waals surface area contributed by atoms with E-state index in [1.165, 1.54) is 6.07 Å². The van der Waals surface area contributed by atoms with E-state index in [1.807, 2.05) is 0 Å². The van der Waals surface area contributed by atoms with E-state index in [0.29, 0.717) is 12.0 Å². The fraction of sp³-hybridized carbons (Fsp3) is 0.538. The van der Waals surface area contributed by atoms with Gasteiger partial charge in [0.1, 0.15) is 0 Å². The first-order valence-electron chi connectivity index (χ1n) is 6.27. The summed E-state index contributed by atoms with van der Waals surface area (Å²) in [7, 11) is 0. The topological polar surface area (TPSA) is 55.7 Å². The molecule has 0 aromatic heterocycles. The smallest absolute Gasteiger partial charge is 0.165 e. The molecule has 3 N–H and O–H groups in total. The van der Waals surface area contributed by atoms with Gasteiger partial charge in [-0.25, -0.2) is 4.39 Å². The van der Waals surface area contributed by atoms with Crippen LogP contribution in [0.15, 0.2) is 18.2 Å². The first kappa shape index (κ1) is 13.3. The van der Waals surface area contributed by atoms with Crippen molar-refractivity contribution in [2.75, 3.05) is 32.8 Å². The van der Waals surface area contributed by atoms with Crippen molar-refractivity contribution in [3.05, 3.63) is 29.6 Å². The summed E-state index contributed by atoms with van der Waals surface area (Å²) in [6, 6.07) is 4.43. The number of benzene rings is 1. The van der Waals surface area contributed by atoms with E-state index in [-0.39, 0.29) is 18.4 Å². The number of hydrogen-bond acceptors (Lipinski definition) is 4. The van der Waals surface area contributed by atoms with Crippen LogP contribution in [0.25, 0.3) is 0 Å². The van der Waals surface area contributed by atoms with Crippen molar-refractivity contribution in [1.82, 2.24) is 10.2 Å². The number of para-hydroxylation sites is 1. The lowest BCUT2D eigenvalue weighted by Gasteiger charge is -2.35. The van der Waals surface area contributed by atoms with Crippen molar-refractivity contribution >= 4 is 0 Å². The Labute approximate surface area is 106 Å². The van der Waals surface area contributed by atoms with Gasteiger partial charge in [-0.05, 0) is 12.5 Å². The van der Waals surface area contributed by atoms with Crippen molar-refractivity contribution in [3.63, 3.8) is 0 Å². The maximum atomic E-state index is 13.4. The quantitative estimate of drug-likeness (QED) is 0.746. The third-order valence-electron chi connectivity index (χ3n) is 3.37. The second-order valence-electron chi connectivity index (χ2n) is 4.49. The summed E-state index contributed by atoms with van der Waals surface area (Å²) in [5.74, 6) is -0.903. The predicted molar refractivity (Wildman–Crippen MR) is 67.0 cm³/mol. The molecule has 0 spiro atoms. The lowest BCUT2D eigenvalue weighted by atomic mass is 10.00. The van der Waals surface area contributed by atoms with Crippen LogP contribution < -0.4 is 5.32 Å². The van der Waals surface area contributed by atoms with Gasteiger partial charge in [0.15, 0.2) is 11.6 Å². The third-order valence-corrected chi connectivity index (χ3v) is 3.37. The fourth-order valence-corrected chi connectivity index (χ4v) is 2.45. The lowest BCUT2D eigenvalue weighted by molar-refractivity contribution is 0.138. The Kier molecular flexibility index (Phi) is 4.52. The summed E-state index contributed by atoms with van der Waals surface area (Å²) in [5, 5.41) is 22.2. The Morgan fingerprint density at radius 3 is 2.72 bits per heavy atom. The van der Waals surface area contributed by atoms with Gasteiger partial charge in [-0.2, -0.15) is 0 Å². The van der Waals surface area contributed by atoms with Crippen LogP contribution in [-0.4, -0.2) is 47.9 Å². The van der Waals surface area contributed by atoms with Crippen LogP contribution >= 0.6 is 0 Å². The summed E-state index contributed by atoms with van der Waals surface area (Å²) in [6.07, 6.45) is 0.497. The Morgan fingerprint density at radius 2 is 2.06 bits per heavy atom. The van der Waals surface area contributed by atoms with Gasteiger partial charge in [-0.15, -0.1) is 0 Å². The predicted octanol–water partition coefficient (Wildman–Crippen LogP) is 0.860. The number of aliphatic hydroxyl groups is 1. The summed E-state index contributed by atoms with van der Waals surface area (Å²) in [5.41, 5.74) is 0.561. The molecule has 1 aliphatic rings. The molecule has 4 nitrogen and oxygen atoms in total. The molecule has 0 saturated carbocycles. The monoisotopic (exact) mass is 254 g/mol. The molecule has 1 aromatic rings. The average Bonchev–Trinajstić information content (AvgIpc) is 2.41. The summed E-state index contributed by atoms with van der Waals surface area (Å²) in [6.45, 7) is 3.43. The van der Waals surface area contributed by atoms with Gasteiger partial charge in [0, 0.05) is 44.4 Å². The van der Waals surface area contributed by atoms with Crippen LogP contribution in [0.1, 0.15) is 18.0 Å². The van der Waals surface area contributed by atoms with Gasteiger partial charge in [0.25, 0.3) is 0 Å². The number of phenols is 1. The molecule has 1 aromatic carbocycles. The molecule has 0 bridgehead atoms. The number of halogens is 1. The minimum Gasteiger partial charge on any atom is -0.505 e. The first-order valence-corrected chi connectivity index (χ1v) is 6.27. The maximum Gasteiger partial charge on any atom is 0.165 e. The number of phenolic OH excluding ortho intramolecular Hbond substituents is 1. The number of piperazine rings is 1. The molecule has 0 amide bonds. The van der Waals surface area contributed by atoms with E-state index in [2.05, 4.69) is 10.2 Å². The first-order chi connectivity index (χ1) is 8.74. The number of nitrogens with zero attached hydrogens (tertiary/aromatic N) is 1. The second-order valence-corrected chi connectivity index (χ2v) is 4.49. The van der Waals surface area contributed by atoms with Crippen LogP contribution in [0.4, 0.5) is 4.39 Å². The molecule has 1 aliphatic heterocycles. The highest BCUT2D eigenvalue weighted by Gasteiger charge is 2.24. The molecule has 0 unspecified atom stereocenters. The van der Waals surface area contributed by atoms with Gasteiger partial charge in [0.2, 0.25) is 0 Å². The van der Waals surface area contributed by atoms with E-state index < -0.39 is 5.82 Å². The lowest BCUT2D eigenvalue weighted by Crippen LogP contribution is -2.45. The zero-order valence-electron chi connectivity index (χ0n) is 10.3. The number of nitrogens with one attached hydrogen (secondary N) is 1. The van der Waals surface area contributed by atoms with Crippen molar-refractivity contribution in [2.24, 2.45) is 0 Å². The normalized spacial score (nSPS) is 18.8. The van der Waals surface area contributed by atoms with Crippen molar-refractivity contribution in [1.29, 1.82) is 0 Å². The van der Waals surface area contributed by atoms with Crippen LogP contribution in [0.5, 0.6) is 5.75 Å². The Morgan fingerprint density at radius 1 is 1.33 bits per heavy atom. The van der Waals surface area contributed by atoms with Crippen LogP contribution in [-0.2, 0) is 0 Å². The number of hydrogen-bond donors (Lipinski definition) is 3. The van der Waals surface area contributed by atoms with Crippen LogP contribution in [0.3, 0.4) is 0 Å². The molecule has 1 fully saturated rings. The molecule has 1 atom stereocenters. The van der Waals surface area contributed by atoms with Gasteiger partial charge in [0.05, 0.1) is 0 Å². The van der Waals surface area contributed by atoms with Gasteiger partial charge < -0.3 is 15.5 Å². The van der Waals surface area contributed by atoms with Crippen LogP contribution in [0.2, 0.25) is 0 Å². The molecule has 1 saturated heterocycles. The van der Waals surface area contributed by atoms with Crippen molar-refractivity contribution in [3.8, 4) is 5.75 Å². The Balaban J connectivity index is 2.25. The van der Waals surface area contributed by atoms with Gasteiger partial charge >= 0.3 is 0 Å². The molecule has 0 radical (unpaired) electrons. The molecular weight excluding hydrogens is 235 g/mol. The molecule has 2 rings (SSSR count). The summed E-state index contributed by atoms with van der Waals surface area (Å²) < 4.78 is 13.4.